The Morgan fingerprint density at radius 1 is 1.55 bits per heavy atom. The Labute approximate surface area is 121 Å². The smallest absolute Gasteiger partial charge is 0.328 e. The van der Waals surface area contributed by atoms with Gasteiger partial charge in [-0.1, -0.05) is 18.5 Å². The van der Waals surface area contributed by atoms with Gasteiger partial charge in [0.05, 0.1) is 28.3 Å². The molecule has 0 saturated heterocycles. The fourth-order valence-corrected chi connectivity index (χ4v) is 2.12. The number of aryl methyl sites for hydroxylation is 2. The maximum Gasteiger partial charge on any atom is 0.328 e. The quantitative estimate of drug-likeness (QED) is 0.837. The minimum atomic E-state index is -0.414. The molecule has 0 aliphatic heterocycles. The van der Waals surface area contributed by atoms with Gasteiger partial charge in [0.1, 0.15) is 13.2 Å². The predicted molar refractivity (Wildman–Crippen MR) is 74.0 cm³/mol. The van der Waals surface area contributed by atoms with Crippen LogP contribution in [0.2, 0.25) is 5.02 Å². The summed E-state index contributed by atoms with van der Waals surface area (Å²) in [4.78, 5) is 11.7. The molecule has 2 heterocycles. The lowest BCUT2D eigenvalue weighted by molar-refractivity contribution is -0.146. The summed E-state index contributed by atoms with van der Waals surface area (Å²) in [5.74, 6) is -0.414. The van der Waals surface area contributed by atoms with Gasteiger partial charge >= 0.3 is 5.97 Å². The molecule has 2 rings (SSSR count). The topological polar surface area (TPSA) is 88.0 Å². The first kappa shape index (κ1) is 14.4. The van der Waals surface area contributed by atoms with Crippen molar-refractivity contribution in [2.75, 3.05) is 5.73 Å². The summed E-state index contributed by atoms with van der Waals surface area (Å²) in [5.41, 5.74) is 7.48. The van der Waals surface area contributed by atoms with Crippen LogP contribution in [0.15, 0.2) is 12.4 Å². The molecule has 0 radical (unpaired) electrons. The van der Waals surface area contributed by atoms with Crippen molar-refractivity contribution in [2.24, 2.45) is 7.05 Å². The van der Waals surface area contributed by atoms with Crippen molar-refractivity contribution >= 4 is 23.3 Å². The highest BCUT2D eigenvalue weighted by Crippen LogP contribution is 2.21. The third-order valence-corrected chi connectivity index (χ3v) is 3.25. The van der Waals surface area contributed by atoms with Crippen LogP contribution in [0.3, 0.4) is 0 Å². The van der Waals surface area contributed by atoms with Crippen molar-refractivity contribution in [3.63, 3.8) is 0 Å². The molecule has 2 N–H and O–H groups in total. The van der Waals surface area contributed by atoms with Gasteiger partial charge in [0, 0.05) is 13.2 Å². The van der Waals surface area contributed by atoms with E-state index in [-0.39, 0.29) is 13.2 Å². The number of ether oxygens (including phenoxy) is 1. The largest absolute Gasteiger partial charge is 0.458 e. The Morgan fingerprint density at radius 3 is 2.85 bits per heavy atom. The molecule has 0 amide bonds. The number of hydrogen-bond acceptors (Lipinski definition) is 5. The Bertz CT molecular complexity index is 619. The van der Waals surface area contributed by atoms with Gasteiger partial charge in [-0.15, -0.1) is 0 Å². The fourth-order valence-electron chi connectivity index (χ4n) is 1.77. The SMILES string of the molecule is CCc1nn(C)c(COC(=O)Cn2cc(N)cn2)c1Cl. The number of halogens is 1. The molecule has 0 aliphatic rings. The van der Waals surface area contributed by atoms with E-state index in [1.807, 2.05) is 6.92 Å². The second-order valence-electron chi connectivity index (χ2n) is 4.32. The molecule has 0 fully saturated rings. The molecule has 0 saturated carbocycles. The van der Waals surface area contributed by atoms with Gasteiger partial charge in [-0.2, -0.15) is 10.2 Å². The van der Waals surface area contributed by atoms with Crippen LogP contribution in [0.4, 0.5) is 5.69 Å². The number of anilines is 1. The Kier molecular flexibility index (Phi) is 4.29. The minimum absolute atomic E-state index is 0.00725. The van der Waals surface area contributed by atoms with Gasteiger partial charge in [-0.25, -0.2) is 0 Å². The van der Waals surface area contributed by atoms with E-state index in [1.165, 1.54) is 10.9 Å². The van der Waals surface area contributed by atoms with Gasteiger partial charge in [-0.3, -0.25) is 14.2 Å². The average Bonchev–Trinajstić information content (AvgIpc) is 2.92. The molecule has 0 unspecified atom stereocenters. The number of nitrogens with zero attached hydrogens (tertiary/aromatic N) is 4. The highest BCUT2D eigenvalue weighted by Gasteiger charge is 2.15. The van der Waals surface area contributed by atoms with Crippen molar-refractivity contribution in [2.45, 2.75) is 26.5 Å². The molecule has 20 heavy (non-hydrogen) atoms. The number of hydrogen-bond donors (Lipinski definition) is 1. The molecular weight excluding hydrogens is 282 g/mol. The minimum Gasteiger partial charge on any atom is -0.458 e. The number of nitrogens with two attached hydrogens (primary N) is 1. The molecule has 0 bridgehead atoms. The summed E-state index contributed by atoms with van der Waals surface area (Å²) >= 11 is 6.17. The lowest BCUT2D eigenvalue weighted by Crippen LogP contribution is -2.15. The molecule has 0 aromatic carbocycles. The average molecular weight is 298 g/mol. The second kappa shape index (κ2) is 5.96. The highest BCUT2D eigenvalue weighted by atomic mass is 35.5. The van der Waals surface area contributed by atoms with E-state index in [1.54, 1.807) is 17.9 Å². The number of nitrogen functional groups attached to an aromatic ring is 1. The van der Waals surface area contributed by atoms with E-state index in [2.05, 4.69) is 10.2 Å². The second-order valence-corrected chi connectivity index (χ2v) is 4.69. The van der Waals surface area contributed by atoms with Gasteiger partial charge < -0.3 is 10.5 Å². The van der Waals surface area contributed by atoms with E-state index >= 15 is 0 Å². The number of esters is 1. The molecule has 0 spiro atoms. The molecule has 8 heteroatoms. The molecule has 7 nitrogen and oxygen atoms in total. The summed E-state index contributed by atoms with van der Waals surface area (Å²) in [7, 11) is 1.77. The predicted octanol–water partition coefficient (Wildman–Crippen LogP) is 1.16. The lowest BCUT2D eigenvalue weighted by atomic mass is 10.3. The van der Waals surface area contributed by atoms with Gasteiger partial charge in [0.15, 0.2) is 0 Å². The van der Waals surface area contributed by atoms with Crippen molar-refractivity contribution in [3.8, 4) is 0 Å². The van der Waals surface area contributed by atoms with Crippen LogP contribution in [0.25, 0.3) is 0 Å². The first-order valence-corrected chi connectivity index (χ1v) is 6.52. The van der Waals surface area contributed by atoms with Crippen LogP contribution in [0, 0.1) is 0 Å². The van der Waals surface area contributed by atoms with Crippen LogP contribution in [-0.4, -0.2) is 25.5 Å². The maximum absolute atomic E-state index is 11.7. The van der Waals surface area contributed by atoms with Crippen molar-refractivity contribution < 1.29 is 9.53 Å². The number of aromatic nitrogens is 4. The fraction of sp³-hybridized carbons (Fsp3) is 0.417. The van der Waals surface area contributed by atoms with Crippen LogP contribution in [-0.2, 0) is 36.2 Å². The summed E-state index contributed by atoms with van der Waals surface area (Å²) in [6, 6.07) is 0. The van der Waals surface area contributed by atoms with E-state index < -0.39 is 5.97 Å². The van der Waals surface area contributed by atoms with E-state index in [4.69, 9.17) is 22.1 Å². The summed E-state index contributed by atoms with van der Waals surface area (Å²) in [5, 5.41) is 8.71. The van der Waals surface area contributed by atoms with Crippen molar-refractivity contribution in [1.29, 1.82) is 0 Å². The molecule has 0 atom stereocenters. The highest BCUT2D eigenvalue weighted by molar-refractivity contribution is 6.31. The van der Waals surface area contributed by atoms with E-state index in [9.17, 15) is 4.79 Å². The summed E-state index contributed by atoms with van der Waals surface area (Å²) < 4.78 is 8.22. The van der Waals surface area contributed by atoms with Crippen LogP contribution >= 0.6 is 11.6 Å². The maximum atomic E-state index is 11.7. The molecule has 2 aromatic heterocycles. The number of carbonyl (C=O) groups is 1. The lowest BCUT2D eigenvalue weighted by Gasteiger charge is -2.05. The normalized spacial score (nSPS) is 10.8. The third kappa shape index (κ3) is 3.11. The Hall–Kier alpha value is -2.02. The Morgan fingerprint density at radius 2 is 2.30 bits per heavy atom. The van der Waals surface area contributed by atoms with Gasteiger partial charge in [0.25, 0.3) is 0 Å². The number of carbonyl (C=O) groups excluding carboxylic acids is 1. The summed E-state index contributed by atoms with van der Waals surface area (Å²) in [6.45, 7) is 2.05. The van der Waals surface area contributed by atoms with Crippen LogP contribution in [0.1, 0.15) is 18.3 Å². The van der Waals surface area contributed by atoms with E-state index in [0.29, 0.717) is 16.4 Å². The van der Waals surface area contributed by atoms with Gasteiger partial charge in [0.2, 0.25) is 0 Å². The monoisotopic (exact) mass is 297 g/mol. The van der Waals surface area contributed by atoms with E-state index in [0.717, 1.165) is 12.1 Å². The zero-order valence-electron chi connectivity index (χ0n) is 11.3. The third-order valence-electron chi connectivity index (χ3n) is 2.82. The first-order chi connectivity index (χ1) is 9.51. The standard InChI is InChI=1S/C12H16ClN5O2/c1-3-9-12(13)10(17(2)16-9)7-20-11(19)6-18-5-8(14)4-15-18/h4-5H,3,6-7,14H2,1-2H3. The zero-order valence-corrected chi connectivity index (χ0v) is 12.1. The molecule has 108 valence electrons. The number of rotatable bonds is 5. The zero-order chi connectivity index (χ0) is 14.7. The Balaban J connectivity index is 1.95. The molecule has 0 aliphatic carbocycles. The van der Waals surface area contributed by atoms with Crippen LogP contribution in [0.5, 0.6) is 0 Å². The van der Waals surface area contributed by atoms with Crippen molar-refractivity contribution in [1.82, 2.24) is 19.6 Å². The van der Waals surface area contributed by atoms with Crippen LogP contribution < -0.4 is 5.73 Å². The first-order valence-electron chi connectivity index (χ1n) is 6.15. The van der Waals surface area contributed by atoms with Gasteiger partial charge in [-0.05, 0) is 6.42 Å². The summed E-state index contributed by atoms with van der Waals surface area (Å²) in [6.07, 6.45) is 3.76. The van der Waals surface area contributed by atoms with Crippen molar-refractivity contribution in [3.05, 3.63) is 28.8 Å². The molecule has 2 aromatic rings. The molecular formula is C12H16ClN5O2.